The van der Waals surface area contributed by atoms with Crippen LogP contribution in [-0.2, 0) is 4.79 Å². The summed E-state index contributed by atoms with van der Waals surface area (Å²) < 4.78 is 18.0. The molecule has 0 unspecified atom stereocenters. The van der Waals surface area contributed by atoms with Crippen LogP contribution in [0.5, 0.6) is 5.75 Å². The number of halogens is 2. The quantitative estimate of drug-likeness (QED) is 0.835. The normalized spacial score (nSPS) is 9.64. The van der Waals surface area contributed by atoms with Crippen LogP contribution >= 0.6 is 11.6 Å². The number of ether oxygens (including phenoxy) is 1. The number of hydrogen-bond acceptors (Lipinski definition) is 2. The Hall–Kier alpha value is -1.29. The molecule has 0 aliphatic heterocycles. The maximum absolute atomic E-state index is 13.1. The molecule has 0 atom stereocenters. The molecule has 1 aromatic rings. The minimum atomic E-state index is -0.582. The second kappa shape index (κ2) is 4.81. The predicted octanol–water partition coefficient (Wildman–Crippen LogP) is 1.60. The van der Waals surface area contributed by atoms with Gasteiger partial charge in [0, 0.05) is 12.1 Å². The van der Waals surface area contributed by atoms with Crippen molar-refractivity contribution >= 4 is 17.5 Å². The van der Waals surface area contributed by atoms with Gasteiger partial charge in [0.15, 0.2) is 18.2 Å². The summed E-state index contributed by atoms with van der Waals surface area (Å²) in [5.41, 5.74) is 0. The third-order valence-electron chi connectivity index (χ3n) is 1.53. The van der Waals surface area contributed by atoms with Crippen molar-refractivity contribution in [3.63, 3.8) is 0 Å². The van der Waals surface area contributed by atoms with Gasteiger partial charge in [-0.1, -0.05) is 11.6 Å². The van der Waals surface area contributed by atoms with E-state index in [9.17, 15) is 9.18 Å². The molecule has 3 nitrogen and oxygen atoms in total. The molecule has 76 valence electrons. The number of nitrogens with one attached hydrogen (secondary N) is 1. The maximum atomic E-state index is 13.1. The standard InChI is InChI=1S/C9H9ClFNO2/c1-12-9(13)5-14-8-3-2-6(10)4-7(8)11/h2-4H,5H2,1H3,(H,12,13). The molecule has 0 aliphatic rings. The molecule has 1 aromatic carbocycles. The summed E-state index contributed by atoms with van der Waals surface area (Å²) in [5, 5.41) is 2.64. The Morgan fingerprint density at radius 3 is 2.93 bits per heavy atom. The molecule has 0 bridgehead atoms. The number of rotatable bonds is 3. The van der Waals surface area contributed by atoms with Gasteiger partial charge in [0.05, 0.1) is 0 Å². The molecule has 14 heavy (non-hydrogen) atoms. The van der Waals surface area contributed by atoms with Crippen molar-refractivity contribution in [3.8, 4) is 5.75 Å². The Labute approximate surface area is 85.8 Å². The fourth-order valence-corrected chi connectivity index (χ4v) is 0.967. The van der Waals surface area contributed by atoms with Gasteiger partial charge in [0.1, 0.15) is 0 Å². The summed E-state index contributed by atoms with van der Waals surface area (Å²) in [5.74, 6) is -0.890. The van der Waals surface area contributed by atoms with Crippen molar-refractivity contribution in [2.45, 2.75) is 0 Å². The summed E-state index contributed by atoms with van der Waals surface area (Å²) >= 11 is 5.53. The number of amides is 1. The average molecular weight is 218 g/mol. The van der Waals surface area contributed by atoms with Crippen LogP contribution in [0.4, 0.5) is 4.39 Å². The summed E-state index contributed by atoms with van der Waals surface area (Å²) in [6.07, 6.45) is 0. The molecule has 0 radical (unpaired) electrons. The lowest BCUT2D eigenvalue weighted by atomic mass is 10.3. The number of benzene rings is 1. The molecule has 0 saturated carbocycles. The predicted molar refractivity (Wildman–Crippen MR) is 51.0 cm³/mol. The summed E-state index contributed by atoms with van der Waals surface area (Å²) in [7, 11) is 1.48. The molecule has 1 N–H and O–H groups in total. The van der Waals surface area contributed by atoms with Crippen LogP contribution in [0.3, 0.4) is 0 Å². The first-order valence-corrected chi connectivity index (χ1v) is 4.29. The van der Waals surface area contributed by atoms with Gasteiger partial charge in [0.25, 0.3) is 5.91 Å². The first-order valence-electron chi connectivity index (χ1n) is 3.92. The van der Waals surface area contributed by atoms with E-state index in [4.69, 9.17) is 16.3 Å². The largest absolute Gasteiger partial charge is 0.481 e. The van der Waals surface area contributed by atoms with Gasteiger partial charge in [-0.05, 0) is 18.2 Å². The molecule has 0 aliphatic carbocycles. The third kappa shape index (κ3) is 2.88. The molecular weight excluding hydrogens is 209 g/mol. The highest BCUT2D eigenvalue weighted by molar-refractivity contribution is 6.30. The Bertz CT molecular complexity index is 344. The van der Waals surface area contributed by atoms with Gasteiger partial charge in [-0.2, -0.15) is 0 Å². The van der Waals surface area contributed by atoms with Crippen molar-refractivity contribution in [1.29, 1.82) is 0 Å². The molecule has 0 spiro atoms. The number of carbonyl (C=O) groups is 1. The topological polar surface area (TPSA) is 38.3 Å². The van der Waals surface area contributed by atoms with Gasteiger partial charge in [-0.25, -0.2) is 4.39 Å². The summed E-state index contributed by atoms with van der Waals surface area (Å²) in [6.45, 7) is -0.213. The van der Waals surface area contributed by atoms with E-state index < -0.39 is 5.82 Å². The molecule has 1 rings (SSSR count). The monoisotopic (exact) mass is 217 g/mol. The van der Waals surface area contributed by atoms with Crippen molar-refractivity contribution < 1.29 is 13.9 Å². The van der Waals surface area contributed by atoms with Crippen LogP contribution in [0, 0.1) is 5.82 Å². The first kappa shape index (κ1) is 10.8. The first-order chi connectivity index (χ1) is 6.63. The van der Waals surface area contributed by atoms with Crippen LogP contribution in [0.2, 0.25) is 5.02 Å². The summed E-state index contributed by atoms with van der Waals surface area (Å²) in [6, 6.07) is 3.99. The van der Waals surface area contributed by atoms with Crippen molar-refractivity contribution in [2.75, 3.05) is 13.7 Å². The Morgan fingerprint density at radius 1 is 1.64 bits per heavy atom. The number of hydrogen-bond donors (Lipinski definition) is 1. The Morgan fingerprint density at radius 2 is 2.36 bits per heavy atom. The highest BCUT2D eigenvalue weighted by atomic mass is 35.5. The van der Waals surface area contributed by atoms with Crippen LogP contribution < -0.4 is 10.1 Å². The molecule has 0 aromatic heterocycles. The zero-order chi connectivity index (χ0) is 10.6. The van der Waals surface area contributed by atoms with Crippen LogP contribution in [0.1, 0.15) is 0 Å². The maximum Gasteiger partial charge on any atom is 0.257 e. The van der Waals surface area contributed by atoms with Crippen molar-refractivity contribution in [1.82, 2.24) is 5.32 Å². The zero-order valence-corrected chi connectivity index (χ0v) is 8.27. The van der Waals surface area contributed by atoms with E-state index in [1.54, 1.807) is 0 Å². The second-order valence-corrected chi connectivity index (χ2v) is 2.97. The minimum absolute atomic E-state index is 0.0120. The molecule has 1 amide bonds. The lowest BCUT2D eigenvalue weighted by Crippen LogP contribution is -2.25. The van der Waals surface area contributed by atoms with Gasteiger partial charge in [0.2, 0.25) is 0 Å². The Kier molecular flexibility index (Phi) is 3.71. The van der Waals surface area contributed by atoms with E-state index in [0.717, 1.165) is 6.07 Å². The highest BCUT2D eigenvalue weighted by Crippen LogP contribution is 2.20. The fraction of sp³-hybridized carbons (Fsp3) is 0.222. The van der Waals surface area contributed by atoms with Crippen molar-refractivity contribution in [2.24, 2.45) is 0 Å². The van der Waals surface area contributed by atoms with Crippen LogP contribution in [0.25, 0.3) is 0 Å². The van der Waals surface area contributed by atoms with Gasteiger partial charge in [-0.3, -0.25) is 4.79 Å². The third-order valence-corrected chi connectivity index (χ3v) is 1.77. The van der Waals surface area contributed by atoms with E-state index in [1.165, 1.54) is 19.2 Å². The van der Waals surface area contributed by atoms with Gasteiger partial charge < -0.3 is 10.1 Å². The van der Waals surface area contributed by atoms with Crippen molar-refractivity contribution in [3.05, 3.63) is 29.0 Å². The Balaban J connectivity index is 2.63. The number of likely N-dealkylation sites (N-methyl/N-ethyl adjacent to an activating group) is 1. The van der Waals surface area contributed by atoms with Crippen LogP contribution in [-0.4, -0.2) is 19.6 Å². The van der Waals surface area contributed by atoms with E-state index >= 15 is 0 Å². The van der Waals surface area contributed by atoms with E-state index in [1.807, 2.05) is 0 Å². The fourth-order valence-electron chi connectivity index (χ4n) is 0.808. The summed E-state index contributed by atoms with van der Waals surface area (Å²) in [4.78, 5) is 10.8. The molecular formula is C9H9ClFNO2. The minimum Gasteiger partial charge on any atom is -0.481 e. The van der Waals surface area contributed by atoms with Gasteiger partial charge >= 0.3 is 0 Å². The molecule has 0 fully saturated rings. The SMILES string of the molecule is CNC(=O)COc1ccc(Cl)cc1F. The zero-order valence-electron chi connectivity index (χ0n) is 7.51. The van der Waals surface area contributed by atoms with E-state index in [2.05, 4.69) is 5.32 Å². The van der Waals surface area contributed by atoms with E-state index in [0.29, 0.717) is 0 Å². The lowest BCUT2D eigenvalue weighted by molar-refractivity contribution is -0.122. The molecule has 0 heterocycles. The van der Waals surface area contributed by atoms with Crippen LogP contribution in [0.15, 0.2) is 18.2 Å². The number of carbonyl (C=O) groups excluding carboxylic acids is 1. The highest BCUT2D eigenvalue weighted by Gasteiger charge is 2.05. The smallest absolute Gasteiger partial charge is 0.257 e. The lowest BCUT2D eigenvalue weighted by Gasteiger charge is -2.05. The van der Waals surface area contributed by atoms with Gasteiger partial charge in [-0.15, -0.1) is 0 Å². The molecule has 5 heteroatoms. The molecule has 0 saturated heterocycles. The average Bonchev–Trinajstić information content (AvgIpc) is 2.16. The van der Waals surface area contributed by atoms with E-state index in [-0.39, 0.29) is 23.3 Å². The second-order valence-electron chi connectivity index (χ2n) is 2.54.